The summed E-state index contributed by atoms with van der Waals surface area (Å²) in [6, 6.07) is 0. The van der Waals surface area contributed by atoms with Crippen LogP contribution in [0.4, 0.5) is 0 Å². The normalized spacial score (nSPS) is 15.2. The van der Waals surface area contributed by atoms with Crippen molar-refractivity contribution in [3.63, 3.8) is 0 Å². The van der Waals surface area contributed by atoms with E-state index in [0.717, 1.165) is 44.1 Å². The van der Waals surface area contributed by atoms with Crippen LogP contribution in [0.3, 0.4) is 0 Å². The Morgan fingerprint density at radius 2 is 1.38 bits per heavy atom. The maximum Gasteiger partial charge on any atom is 0.313 e. The first-order valence-corrected chi connectivity index (χ1v) is 10.9. The number of allylic oxidation sites excluding steroid dienone is 9. The van der Waals surface area contributed by atoms with E-state index in [1.165, 1.54) is 0 Å². The molecule has 4 heteroatoms. The summed E-state index contributed by atoms with van der Waals surface area (Å²) in [7, 11) is 0. The van der Waals surface area contributed by atoms with Gasteiger partial charge in [0, 0.05) is 6.61 Å². The van der Waals surface area contributed by atoms with Crippen molar-refractivity contribution in [3.8, 4) is 0 Å². The molecule has 0 bridgehead atoms. The molecule has 0 aliphatic rings. The van der Waals surface area contributed by atoms with Crippen LogP contribution in [0, 0.1) is 5.92 Å². The van der Waals surface area contributed by atoms with Gasteiger partial charge in [-0.3, -0.25) is 4.79 Å². The van der Waals surface area contributed by atoms with E-state index >= 15 is 0 Å². The van der Waals surface area contributed by atoms with Crippen LogP contribution in [-0.4, -0.2) is 34.0 Å². The molecule has 1 unspecified atom stereocenters. The Bertz CT molecular complexity index is 555. The van der Waals surface area contributed by atoms with Gasteiger partial charge in [-0.1, -0.05) is 80.5 Å². The lowest BCUT2D eigenvalue weighted by Crippen LogP contribution is -2.30. The highest BCUT2D eigenvalue weighted by Crippen LogP contribution is 2.24. The fraction of sp³-hybridized carbons (Fsp3) is 0.560. The SMILES string of the molecule is CCC=CCC=CCC=CCC=CCC=C(CCCC)C(C(=O)O)[C@H](O)CCO. The van der Waals surface area contributed by atoms with E-state index < -0.39 is 18.0 Å². The molecule has 0 amide bonds. The van der Waals surface area contributed by atoms with E-state index in [0.29, 0.717) is 12.8 Å². The highest BCUT2D eigenvalue weighted by molar-refractivity contribution is 5.74. The quantitative estimate of drug-likeness (QED) is 0.270. The zero-order chi connectivity index (χ0) is 21.7. The van der Waals surface area contributed by atoms with E-state index in [1.807, 2.05) is 12.2 Å². The van der Waals surface area contributed by atoms with Crippen molar-refractivity contribution < 1.29 is 20.1 Å². The van der Waals surface area contributed by atoms with Crippen molar-refractivity contribution in [2.75, 3.05) is 6.61 Å². The summed E-state index contributed by atoms with van der Waals surface area (Å²) in [6.45, 7) is 3.97. The van der Waals surface area contributed by atoms with Gasteiger partial charge in [0.05, 0.1) is 6.10 Å². The smallest absolute Gasteiger partial charge is 0.313 e. The van der Waals surface area contributed by atoms with Crippen LogP contribution < -0.4 is 0 Å². The van der Waals surface area contributed by atoms with Crippen molar-refractivity contribution in [3.05, 3.63) is 60.3 Å². The fourth-order valence-electron chi connectivity index (χ4n) is 2.93. The van der Waals surface area contributed by atoms with Gasteiger partial charge in [-0.15, -0.1) is 0 Å². The molecule has 164 valence electrons. The highest BCUT2D eigenvalue weighted by Gasteiger charge is 2.29. The molecule has 29 heavy (non-hydrogen) atoms. The van der Waals surface area contributed by atoms with Gasteiger partial charge in [0.1, 0.15) is 5.92 Å². The molecular formula is C25H40O4. The molecule has 0 aromatic carbocycles. The van der Waals surface area contributed by atoms with Crippen molar-refractivity contribution >= 4 is 5.97 Å². The summed E-state index contributed by atoms with van der Waals surface area (Å²) < 4.78 is 0. The number of rotatable bonds is 17. The minimum Gasteiger partial charge on any atom is -0.481 e. The molecule has 0 aromatic rings. The van der Waals surface area contributed by atoms with Crippen molar-refractivity contribution in [2.24, 2.45) is 5.92 Å². The molecule has 0 spiro atoms. The number of carboxylic acid groups (broad SMARTS) is 1. The predicted molar refractivity (Wildman–Crippen MR) is 122 cm³/mol. The summed E-state index contributed by atoms with van der Waals surface area (Å²) >= 11 is 0. The number of carboxylic acids is 1. The Labute approximate surface area is 177 Å². The number of hydrogen-bond donors (Lipinski definition) is 3. The Kier molecular flexibility index (Phi) is 18.1. The van der Waals surface area contributed by atoms with Gasteiger partial charge in [0.25, 0.3) is 0 Å². The van der Waals surface area contributed by atoms with Gasteiger partial charge < -0.3 is 15.3 Å². The molecule has 0 aliphatic carbocycles. The summed E-state index contributed by atoms with van der Waals surface area (Å²) in [5.41, 5.74) is 0.753. The largest absolute Gasteiger partial charge is 0.481 e. The average molecular weight is 405 g/mol. The molecule has 0 heterocycles. The van der Waals surface area contributed by atoms with Crippen LogP contribution >= 0.6 is 0 Å². The third-order valence-electron chi connectivity index (χ3n) is 4.53. The van der Waals surface area contributed by atoms with Crippen molar-refractivity contribution in [1.82, 2.24) is 0 Å². The van der Waals surface area contributed by atoms with Crippen LogP contribution in [0.5, 0.6) is 0 Å². The van der Waals surface area contributed by atoms with E-state index in [-0.39, 0.29) is 13.0 Å². The monoisotopic (exact) mass is 404 g/mol. The molecule has 0 saturated heterocycles. The van der Waals surface area contributed by atoms with Crippen LogP contribution in [0.1, 0.15) is 71.6 Å². The van der Waals surface area contributed by atoms with Gasteiger partial charge in [0.15, 0.2) is 0 Å². The van der Waals surface area contributed by atoms with Gasteiger partial charge >= 0.3 is 5.97 Å². The predicted octanol–water partition coefficient (Wildman–Crippen LogP) is 5.74. The average Bonchev–Trinajstić information content (AvgIpc) is 2.69. The van der Waals surface area contributed by atoms with Crippen molar-refractivity contribution in [1.29, 1.82) is 0 Å². The fourth-order valence-corrected chi connectivity index (χ4v) is 2.93. The second-order valence-corrected chi connectivity index (χ2v) is 7.01. The molecule has 0 rings (SSSR count). The molecule has 0 radical (unpaired) electrons. The third-order valence-corrected chi connectivity index (χ3v) is 4.53. The number of aliphatic hydroxyl groups excluding tert-OH is 2. The molecular weight excluding hydrogens is 364 g/mol. The number of aliphatic carboxylic acids is 1. The van der Waals surface area contributed by atoms with Crippen LogP contribution in [0.2, 0.25) is 0 Å². The zero-order valence-electron chi connectivity index (χ0n) is 18.2. The highest BCUT2D eigenvalue weighted by atomic mass is 16.4. The second kappa shape index (κ2) is 19.4. The maximum atomic E-state index is 11.6. The Morgan fingerprint density at radius 1 is 0.862 bits per heavy atom. The van der Waals surface area contributed by atoms with Crippen LogP contribution in [0.25, 0.3) is 0 Å². The van der Waals surface area contributed by atoms with E-state index in [9.17, 15) is 15.0 Å². The molecule has 0 fully saturated rings. The van der Waals surface area contributed by atoms with Crippen LogP contribution in [0.15, 0.2) is 60.3 Å². The first-order valence-electron chi connectivity index (χ1n) is 10.9. The second-order valence-electron chi connectivity index (χ2n) is 7.01. The first kappa shape index (κ1) is 27.1. The molecule has 3 N–H and O–H groups in total. The third kappa shape index (κ3) is 14.7. The summed E-state index contributed by atoms with van der Waals surface area (Å²) in [5.74, 6) is -1.97. The molecule has 0 saturated carbocycles. The lowest BCUT2D eigenvalue weighted by atomic mass is 9.87. The number of carbonyl (C=O) groups is 1. The van der Waals surface area contributed by atoms with Gasteiger partial charge in [-0.25, -0.2) is 0 Å². The van der Waals surface area contributed by atoms with Gasteiger partial charge in [0.2, 0.25) is 0 Å². The lowest BCUT2D eigenvalue weighted by molar-refractivity contribution is -0.144. The zero-order valence-corrected chi connectivity index (χ0v) is 18.2. The number of hydrogen-bond acceptors (Lipinski definition) is 3. The van der Waals surface area contributed by atoms with Crippen LogP contribution in [-0.2, 0) is 4.79 Å². The van der Waals surface area contributed by atoms with Gasteiger partial charge in [-0.05, 0) is 51.4 Å². The molecule has 2 atom stereocenters. The number of aliphatic hydroxyl groups is 2. The molecule has 0 aromatic heterocycles. The van der Waals surface area contributed by atoms with Crippen molar-refractivity contribution in [2.45, 2.75) is 77.7 Å². The van der Waals surface area contributed by atoms with Gasteiger partial charge in [-0.2, -0.15) is 0 Å². The summed E-state index contributed by atoms with van der Waals surface area (Å²) in [5, 5.41) is 28.7. The van der Waals surface area contributed by atoms with E-state index in [4.69, 9.17) is 5.11 Å². The summed E-state index contributed by atoms with van der Waals surface area (Å²) in [6.07, 6.45) is 24.9. The van der Waals surface area contributed by atoms with E-state index in [1.54, 1.807) is 0 Å². The maximum absolute atomic E-state index is 11.6. The minimum absolute atomic E-state index is 0.0738. The first-order chi connectivity index (χ1) is 14.1. The Morgan fingerprint density at radius 3 is 1.83 bits per heavy atom. The Balaban J connectivity index is 4.55. The minimum atomic E-state index is -1.06. The standard InChI is InChI=1S/C25H40O4/c1-3-5-7-8-9-10-11-12-13-14-15-16-17-19-22(18-6-4-2)24(25(28)29)23(27)20-21-26/h5,7,9-10,12-13,15-16,19,23-24,26-27H,3-4,6,8,11,14,17-18,20-21H2,1-2H3,(H,28,29)/t23-,24?/m1/s1. The topological polar surface area (TPSA) is 77.8 Å². The summed E-state index contributed by atoms with van der Waals surface area (Å²) in [4.78, 5) is 11.6. The lowest BCUT2D eigenvalue weighted by Gasteiger charge is -2.21. The number of unbranched alkanes of at least 4 members (excludes halogenated alkanes) is 1. The molecule has 4 nitrogen and oxygen atoms in total. The molecule has 0 aliphatic heterocycles. The van der Waals surface area contributed by atoms with E-state index in [2.05, 4.69) is 56.4 Å². The Hall–Kier alpha value is -1.91.